The van der Waals surface area contributed by atoms with E-state index < -0.39 is 5.60 Å². The number of rotatable bonds is 3. The molecule has 2 N–H and O–H groups in total. The van der Waals surface area contributed by atoms with Crippen LogP contribution < -0.4 is 10.1 Å². The number of likely N-dealkylation sites (tertiary alicyclic amines) is 1. The number of aliphatic hydroxyl groups is 1. The number of carbonyl (C=O) groups is 1. The van der Waals surface area contributed by atoms with Gasteiger partial charge in [0.1, 0.15) is 11.4 Å². The molecule has 1 aliphatic carbocycles. The van der Waals surface area contributed by atoms with Gasteiger partial charge in [-0.2, -0.15) is 0 Å². The SMILES string of the molecule is COc1cc(NC(=O)N2CC(O)(C3CC3)C2)ccc1Br. The maximum Gasteiger partial charge on any atom is 0.322 e. The van der Waals surface area contributed by atoms with Crippen molar-refractivity contribution in [3.8, 4) is 5.75 Å². The minimum atomic E-state index is -0.644. The molecule has 0 aromatic heterocycles. The van der Waals surface area contributed by atoms with Gasteiger partial charge in [-0.25, -0.2) is 4.79 Å². The normalized spacial score (nSPS) is 20.2. The average Bonchev–Trinajstić information content (AvgIpc) is 3.21. The molecule has 0 radical (unpaired) electrons. The molecule has 0 unspecified atom stereocenters. The molecule has 1 saturated heterocycles. The van der Waals surface area contributed by atoms with Crippen LogP contribution in [0.2, 0.25) is 0 Å². The zero-order valence-corrected chi connectivity index (χ0v) is 12.8. The lowest BCUT2D eigenvalue weighted by atomic mass is 9.89. The fraction of sp³-hybridized carbons (Fsp3) is 0.500. The molecule has 3 rings (SSSR count). The highest BCUT2D eigenvalue weighted by atomic mass is 79.9. The summed E-state index contributed by atoms with van der Waals surface area (Å²) < 4.78 is 6.03. The number of anilines is 1. The molecule has 6 heteroatoms. The Morgan fingerprint density at radius 1 is 1.50 bits per heavy atom. The van der Waals surface area contributed by atoms with E-state index in [4.69, 9.17) is 4.74 Å². The third kappa shape index (κ3) is 2.50. The summed E-state index contributed by atoms with van der Waals surface area (Å²) in [7, 11) is 1.58. The van der Waals surface area contributed by atoms with Gasteiger partial charge in [-0.3, -0.25) is 0 Å². The van der Waals surface area contributed by atoms with Crippen LogP contribution in [0, 0.1) is 5.92 Å². The number of ether oxygens (including phenoxy) is 1. The Morgan fingerprint density at radius 2 is 2.20 bits per heavy atom. The van der Waals surface area contributed by atoms with Gasteiger partial charge in [0.25, 0.3) is 0 Å². The van der Waals surface area contributed by atoms with Crippen molar-refractivity contribution in [2.75, 3.05) is 25.5 Å². The van der Waals surface area contributed by atoms with Crippen LogP contribution in [0.25, 0.3) is 0 Å². The van der Waals surface area contributed by atoms with Crippen molar-refractivity contribution in [2.24, 2.45) is 5.92 Å². The fourth-order valence-electron chi connectivity index (χ4n) is 2.58. The molecule has 1 aromatic rings. The van der Waals surface area contributed by atoms with Crippen LogP contribution >= 0.6 is 15.9 Å². The van der Waals surface area contributed by atoms with E-state index in [9.17, 15) is 9.90 Å². The highest BCUT2D eigenvalue weighted by Gasteiger charge is 2.53. The number of β-amino-alcohol motifs (C(OH)–C–C–N with tert-alkyl or cyclic N) is 1. The molecule has 0 atom stereocenters. The fourth-order valence-corrected chi connectivity index (χ4v) is 2.99. The van der Waals surface area contributed by atoms with Crippen LogP contribution in [0.3, 0.4) is 0 Å². The first-order chi connectivity index (χ1) is 9.51. The summed E-state index contributed by atoms with van der Waals surface area (Å²) in [6.45, 7) is 0.855. The second kappa shape index (κ2) is 4.93. The summed E-state index contributed by atoms with van der Waals surface area (Å²) >= 11 is 3.37. The third-order valence-corrected chi connectivity index (χ3v) is 4.61. The van der Waals surface area contributed by atoms with Crippen LogP contribution in [0.15, 0.2) is 22.7 Å². The van der Waals surface area contributed by atoms with Gasteiger partial charge < -0.3 is 20.1 Å². The Bertz CT molecular complexity index is 539. The number of hydrogen-bond donors (Lipinski definition) is 2. The van der Waals surface area contributed by atoms with Crippen molar-refractivity contribution < 1.29 is 14.6 Å². The minimum absolute atomic E-state index is 0.181. The van der Waals surface area contributed by atoms with Gasteiger partial charge in [0.05, 0.1) is 24.7 Å². The van der Waals surface area contributed by atoms with Crippen molar-refractivity contribution in [1.29, 1.82) is 0 Å². The monoisotopic (exact) mass is 340 g/mol. The van der Waals surface area contributed by atoms with Gasteiger partial charge in [0, 0.05) is 11.8 Å². The smallest absolute Gasteiger partial charge is 0.322 e. The molecule has 0 spiro atoms. The summed E-state index contributed by atoms with van der Waals surface area (Å²) in [5, 5.41) is 13.0. The first-order valence-corrected chi connectivity index (χ1v) is 7.43. The van der Waals surface area contributed by atoms with Crippen molar-refractivity contribution in [3.05, 3.63) is 22.7 Å². The maximum atomic E-state index is 12.1. The number of benzene rings is 1. The van der Waals surface area contributed by atoms with Gasteiger partial charge >= 0.3 is 6.03 Å². The topological polar surface area (TPSA) is 61.8 Å². The number of carbonyl (C=O) groups excluding carboxylic acids is 1. The van der Waals surface area contributed by atoms with E-state index in [1.807, 2.05) is 6.07 Å². The number of urea groups is 1. The largest absolute Gasteiger partial charge is 0.495 e. The van der Waals surface area contributed by atoms with Crippen LogP contribution in [0.1, 0.15) is 12.8 Å². The Kier molecular flexibility index (Phi) is 3.38. The first-order valence-electron chi connectivity index (χ1n) is 6.64. The van der Waals surface area contributed by atoms with E-state index in [1.54, 1.807) is 24.1 Å². The molecular formula is C14H17BrN2O3. The Labute approximate surface area is 126 Å². The molecule has 0 bridgehead atoms. The molecule has 108 valence electrons. The number of nitrogens with zero attached hydrogens (tertiary/aromatic N) is 1. The summed E-state index contributed by atoms with van der Waals surface area (Å²) in [4.78, 5) is 13.7. The van der Waals surface area contributed by atoms with E-state index in [2.05, 4.69) is 21.2 Å². The third-order valence-electron chi connectivity index (χ3n) is 3.96. The summed E-state index contributed by atoms with van der Waals surface area (Å²) in [5.41, 5.74) is 0.0336. The zero-order valence-electron chi connectivity index (χ0n) is 11.2. The number of amides is 2. The lowest BCUT2D eigenvalue weighted by Crippen LogP contribution is -2.65. The molecular weight excluding hydrogens is 324 g/mol. The van der Waals surface area contributed by atoms with E-state index in [0.717, 1.165) is 17.3 Å². The number of methoxy groups -OCH3 is 1. The van der Waals surface area contributed by atoms with Crippen molar-refractivity contribution in [1.82, 2.24) is 4.90 Å². The Hall–Kier alpha value is -1.27. The van der Waals surface area contributed by atoms with Crippen LogP contribution in [-0.4, -0.2) is 41.8 Å². The molecule has 20 heavy (non-hydrogen) atoms. The van der Waals surface area contributed by atoms with E-state index in [0.29, 0.717) is 30.4 Å². The molecule has 1 saturated carbocycles. The predicted octanol–water partition coefficient (Wildman–Crippen LogP) is 2.45. The summed E-state index contributed by atoms with van der Waals surface area (Å²) in [6.07, 6.45) is 2.16. The molecule has 1 aliphatic heterocycles. The standard InChI is InChI=1S/C14H17BrN2O3/c1-20-12-6-10(4-5-11(12)15)16-13(18)17-7-14(19,8-17)9-2-3-9/h4-6,9,19H,2-3,7-8H2,1H3,(H,16,18). The average molecular weight is 341 g/mol. The maximum absolute atomic E-state index is 12.1. The number of hydrogen-bond acceptors (Lipinski definition) is 3. The van der Waals surface area contributed by atoms with Gasteiger partial charge in [-0.05, 0) is 46.8 Å². The molecule has 1 heterocycles. The molecule has 1 aromatic carbocycles. The van der Waals surface area contributed by atoms with Gasteiger partial charge in [0.2, 0.25) is 0 Å². The second-order valence-electron chi connectivity index (χ2n) is 5.51. The van der Waals surface area contributed by atoms with Crippen molar-refractivity contribution in [3.63, 3.8) is 0 Å². The number of halogens is 1. The van der Waals surface area contributed by atoms with Gasteiger partial charge in [-0.1, -0.05) is 0 Å². The highest BCUT2D eigenvalue weighted by molar-refractivity contribution is 9.10. The van der Waals surface area contributed by atoms with E-state index in [-0.39, 0.29) is 6.03 Å². The highest BCUT2D eigenvalue weighted by Crippen LogP contribution is 2.44. The van der Waals surface area contributed by atoms with Crippen LogP contribution in [0.5, 0.6) is 5.75 Å². The number of nitrogens with one attached hydrogen (secondary N) is 1. The van der Waals surface area contributed by atoms with E-state index >= 15 is 0 Å². The Balaban J connectivity index is 1.59. The Morgan fingerprint density at radius 3 is 2.80 bits per heavy atom. The summed E-state index contributed by atoms with van der Waals surface area (Å²) in [6, 6.07) is 5.21. The van der Waals surface area contributed by atoms with Crippen molar-refractivity contribution in [2.45, 2.75) is 18.4 Å². The quantitative estimate of drug-likeness (QED) is 0.888. The van der Waals surface area contributed by atoms with Crippen molar-refractivity contribution >= 4 is 27.6 Å². The molecule has 2 aliphatic rings. The van der Waals surface area contributed by atoms with Crippen LogP contribution in [0.4, 0.5) is 10.5 Å². The van der Waals surface area contributed by atoms with Crippen LogP contribution in [-0.2, 0) is 0 Å². The van der Waals surface area contributed by atoms with E-state index in [1.165, 1.54) is 0 Å². The molecule has 5 nitrogen and oxygen atoms in total. The predicted molar refractivity (Wildman–Crippen MR) is 79.0 cm³/mol. The summed E-state index contributed by atoms with van der Waals surface area (Å²) in [5.74, 6) is 1.06. The first kappa shape index (κ1) is 13.7. The lowest BCUT2D eigenvalue weighted by molar-refractivity contribution is -0.0897. The zero-order chi connectivity index (χ0) is 14.3. The molecule has 2 amide bonds. The molecule has 2 fully saturated rings. The van der Waals surface area contributed by atoms with Gasteiger partial charge in [-0.15, -0.1) is 0 Å². The lowest BCUT2D eigenvalue weighted by Gasteiger charge is -2.46. The second-order valence-corrected chi connectivity index (χ2v) is 6.37. The van der Waals surface area contributed by atoms with Gasteiger partial charge in [0.15, 0.2) is 0 Å². The minimum Gasteiger partial charge on any atom is -0.495 e.